The van der Waals surface area contributed by atoms with E-state index < -0.39 is 74.1 Å². The number of rotatable bonds is 13. The van der Waals surface area contributed by atoms with Crippen LogP contribution in [-0.2, 0) is 29.2 Å². The summed E-state index contributed by atoms with van der Waals surface area (Å²) in [5, 5.41) is 2.92. The van der Waals surface area contributed by atoms with Gasteiger partial charge < -0.3 is 24.6 Å². The normalized spacial score (nSPS) is 24.9. The number of nitrogens with zero attached hydrogens (tertiary/aromatic N) is 4. The maximum absolute atomic E-state index is 14.9. The van der Waals surface area contributed by atoms with Gasteiger partial charge in [0, 0.05) is 43.0 Å². The first kappa shape index (κ1) is 42.3. The molecule has 4 heterocycles. The maximum Gasteiger partial charge on any atom is 0.259 e. The topological polar surface area (TPSA) is 177 Å². The van der Waals surface area contributed by atoms with E-state index in [-0.39, 0.29) is 43.3 Å². The highest BCUT2D eigenvalue weighted by Gasteiger charge is 2.62. The highest BCUT2D eigenvalue weighted by Crippen LogP contribution is 2.46. The Hall–Kier alpha value is -4.83. The Labute approximate surface area is 348 Å². The Morgan fingerprint density at radius 3 is 2.49 bits per heavy atom. The number of pyridine rings is 2. The van der Waals surface area contributed by atoms with Crippen molar-refractivity contribution in [1.29, 1.82) is 0 Å². The van der Waals surface area contributed by atoms with Crippen molar-refractivity contribution in [2.75, 3.05) is 26.7 Å². The summed E-state index contributed by atoms with van der Waals surface area (Å²) < 4.78 is 54.3. The lowest BCUT2D eigenvalue weighted by Crippen LogP contribution is -2.57. The molecule has 2 N–H and O–H groups in total. The number of hydrogen-bond donors (Lipinski definition) is 2. The molecule has 4 amide bonds. The summed E-state index contributed by atoms with van der Waals surface area (Å²) in [5.74, 6) is -3.14. The fraction of sp³-hybridized carbons (Fsp3) is 0.524. The quantitative estimate of drug-likeness (QED) is 0.223. The van der Waals surface area contributed by atoms with Gasteiger partial charge >= 0.3 is 0 Å². The average molecular weight is 853 g/mol. The molecule has 2 aliphatic heterocycles. The molecule has 59 heavy (non-hydrogen) atoms. The number of hydrogen-bond acceptors (Lipinski definition) is 10. The van der Waals surface area contributed by atoms with Crippen LogP contribution in [0.2, 0.25) is 5.02 Å². The zero-order valence-corrected chi connectivity index (χ0v) is 35.2. The van der Waals surface area contributed by atoms with E-state index in [0.29, 0.717) is 66.0 Å². The first-order valence-corrected chi connectivity index (χ1v) is 21.9. The number of halogens is 2. The SMILES string of the molecule is C=C[C@@H]1C[C@]1(NC(=O)[C@@H]1C[C@@H](Oc2cc(-c3ccccn3)nc3c(Cl)c(OC)ccc23)CN1C(=O)[C@@H](CC(=O)N1CCCC(F)C1)C(C)(C)C)C(=O)NS(=O)(=O)C1CC1. The van der Waals surface area contributed by atoms with Crippen molar-refractivity contribution in [2.24, 2.45) is 17.3 Å². The van der Waals surface area contributed by atoms with Gasteiger partial charge in [-0.3, -0.25) is 28.9 Å². The van der Waals surface area contributed by atoms with Crippen molar-refractivity contribution in [1.82, 2.24) is 29.8 Å². The van der Waals surface area contributed by atoms with Crippen LogP contribution in [0, 0.1) is 17.3 Å². The van der Waals surface area contributed by atoms with E-state index in [9.17, 15) is 32.0 Å². The first-order chi connectivity index (χ1) is 27.9. The van der Waals surface area contributed by atoms with E-state index in [1.54, 1.807) is 36.5 Å². The molecule has 2 saturated carbocycles. The van der Waals surface area contributed by atoms with Crippen molar-refractivity contribution in [3.63, 3.8) is 0 Å². The van der Waals surface area contributed by atoms with Gasteiger partial charge in [0.2, 0.25) is 27.7 Å². The number of aromatic nitrogens is 2. The van der Waals surface area contributed by atoms with E-state index in [1.807, 2.05) is 26.8 Å². The molecule has 17 heteroatoms. The van der Waals surface area contributed by atoms with Gasteiger partial charge in [-0.05, 0) is 61.8 Å². The van der Waals surface area contributed by atoms with E-state index in [1.165, 1.54) is 23.0 Å². The minimum Gasteiger partial charge on any atom is -0.495 e. The lowest BCUT2D eigenvalue weighted by atomic mass is 9.77. The van der Waals surface area contributed by atoms with E-state index in [2.05, 4.69) is 21.6 Å². The second-order valence-corrected chi connectivity index (χ2v) is 19.4. The number of ether oxygens (including phenoxy) is 2. The van der Waals surface area contributed by atoms with Crippen LogP contribution in [0.1, 0.15) is 65.7 Å². The third-order valence-corrected chi connectivity index (χ3v) is 14.0. The maximum atomic E-state index is 14.9. The van der Waals surface area contributed by atoms with Crippen molar-refractivity contribution >= 4 is 56.2 Å². The first-order valence-electron chi connectivity index (χ1n) is 19.9. The van der Waals surface area contributed by atoms with Crippen molar-refractivity contribution in [3.8, 4) is 22.9 Å². The van der Waals surface area contributed by atoms with E-state index in [0.717, 1.165) is 0 Å². The molecule has 0 radical (unpaired) electrons. The molecular formula is C42H50ClFN6O8S. The summed E-state index contributed by atoms with van der Waals surface area (Å²) >= 11 is 6.78. The summed E-state index contributed by atoms with van der Waals surface area (Å²) in [5.41, 5.74) is -1.00. The van der Waals surface area contributed by atoms with Gasteiger partial charge in [0.05, 0.1) is 48.3 Å². The Bertz CT molecular complexity index is 2270. The smallest absolute Gasteiger partial charge is 0.259 e. The van der Waals surface area contributed by atoms with Crippen LogP contribution in [0.25, 0.3) is 22.3 Å². The Balaban J connectivity index is 1.23. The van der Waals surface area contributed by atoms with Crippen LogP contribution < -0.4 is 19.5 Å². The number of carbonyl (C=O) groups excluding carboxylic acids is 4. The number of alkyl halides is 1. The Morgan fingerprint density at radius 1 is 1.10 bits per heavy atom. The number of fused-ring (bicyclic) bond motifs is 1. The predicted octanol–water partition coefficient (Wildman–Crippen LogP) is 4.99. The van der Waals surface area contributed by atoms with Crippen molar-refractivity contribution < 1.29 is 41.5 Å². The van der Waals surface area contributed by atoms with Crippen molar-refractivity contribution in [3.05, 3.63) is 60.3 Å². The van der Waals surface area contributed by atoms with Crippen LogP contribution >= 0.6 is 11.6 Å². The monoisotopic (exact) mass is 852 g/mol. The van der Waals surface area contributed by atoms with Crippen LogP contribution in [0.15, 0.2) is 55.3 Å². The highest BCUT2D eigenvalue weighted by molar-refractivity contribution is 7.91. The summed E-state index contributed by atoms with van der Waals surface area (Å²) in [7, 11) is -2.45. The van der Waals surface area contributed by atoms with Gasteiger partial charge in [-0.15, -0.1) is 6.58 Å². The van der Waals surface area contributed by atoms with E-state index >= 15 is 0 Å². The summed E-state index contributed by atoms with van der Waals surface area (Å²) in [4.78, 5) is 68.8. The lowest BCUT2D eigenvalue weighted by molar-refractivity contribution is -0.149. The Kier molecular flexibility index (Phi) is 11.7. The third-order valence-electron chi connectivity index (χ3n) is 11.8. The Morgan fingerprint density at radius 2 is 1.86 bits per heavy atom. The zero-order valence-electron chi connectivity index (χ0n) is 33.6. The molecule has 1 aromatic carbocycles. The average Bonchev–Trinajstić information content (AvgIpc) is 4.13. The molecule has 316 valence electrons. The molecule has 4 fully saturated rings. The number of carbonyl (C=O) groups is 4. The van der Waals surface area contributed by atoms with Crippen molar-refractivity contribution in [2.45, 2.75) is 94.8 Å². The fourth-order valence-corrected chi connectivity index (χ4v) is 9.75. The molecule has 2 aromatic heterocycles. The molecular weight excluding hydrogens is 803 g/mol. The molecule has 3 aromatic rings. The zero-order chi connectivity index (χ0) is 42.4. The van der Waals surface area contributed by atoms with Crippen LogP contribution in [0.5, 0.6) is 11.5 Å². The van der Waals surface area contributed by atoms with E-state index in [4.69, 9.17) is 26.1 Å². The lowest BCUT2D eigenvalue weighted by Gasteiger charge is -2.37. The number of methoxy groups -OCH3 is 1. The predicted molar refractivity (Wildman–Crippen MR) is 219 cm³/mol. The number of amides is 4. The number of nitrogens with one attached hydrogen (secondary N) is 2. The van der Waals surface area contributed by atoms with Crippen LogP contribution in [0.3, 0.4) is 0 Å². The van der Waals surface area contributed by atoms with Gasteiger partial charge in [-0.2, -0.15) is 0 Å². The van der Waals surface area contributed by atoms with Gasteiger partial charge in [0.1, 0.15) is 40.4 Å². The molecule has 6 atom stereocenters. The van der Waals surface area contributed by atoms with Gasteiger partial charge in [-0.1, -0.05) is 44.5 Å². The second-order valence-electron chi connectivity index (χ2n) is 17.1. The third kappa shape index (κ3) is 8.75. The minimum absolute atomic E-state index is 0.0263. The fourth-order valence-electron chi connectivity index (χ4n) is 8.10. The standard InChI is InChI=1S/C42H50ClFN6O8S/c1-6-24-21-42(24,40(54)48-59(55,56)27-12-13-27)47-38(52)32-18-26(23-50(32)39(53)29(41(2,3)4)19-35(51)49-17-9-10-25(44)22-49)58-34-20-31(30-11-7-8-16-45-30)46-37-28(34)14-15-33(57-5)36(37)43/h6-8,11,14-16,20,24-27,29,32H,1,9-10,12-13,17-19,21-23H2,2-5H3,(H,47,52)(H,48,54)/t24-,25?,26-,29-,32+,42-/m1/s1. The number of likely N-dealkylation sites (tertiary alicyclic amines) is 2. The van der Waals surface area contributed by atoms with Gasteiger partial charge in [-0.25, -0.2) is 17.8 Å². The molecule has 7 rings (SSSR count). The molecule has 0 bridgehead atoms. The van der Waals surface area contributed by atoms with Crippen LogP contribution in [0.4, 0.5) is 4.39 Å². The second kappa shape index (κ2) is 16.3. The molecule has 4 aliphatic rings. The highest BCUT2D eigenvalue weighted by atomic mass is 35.5. The summed E-state index contributed by atoms with van der Waals surface area (Å²) in [6.07, 6.45) is 2.81. The van der Waals surface area contributed by atoms with Gasteiger partial charge in [0.15, 0.2) is 0 Å². The number of benzene rings is 1. The molecule has 0 spiro atoms. The number of sulfonamides is 1. The molecule has 2 aliphatic carbocycles. The molecule has 1 unspecified atom stereocenters. The molecule has 14 nitrogen and oxygen atoms in total. The van der Waals surface area contributed by atoms with Gasteiger partial charge in [0.25, 0.3) is 5.91 Å². The summed E-state index contributed by atoms with van der Waals surface area (Å²) in [6.45, 7) is 9.53. The summed E-state index contributed by atoms with van der Waals surface area (Å²) in [6, 6.07) is 9.31. The van der Waals surface area contributed by atoms with Crippen LogP contribution in [-0.4, -0.2) is 108 Å². The minimum atomic E-state index is -3.94. The number of piperidine rings is 1. The largest absolute Gasteiger partial charge is 0.495 e. The molecule has 2 saturated heterocycles.